The van der Waals surface area contributed by atoms with Crippen molar-refractivity contribution in [2.24, 2.45) is 11.7 Å². The zero-order valence-corrected chi connectivity index (χ0v) is 11.2. The molecule has 84 valence electrons. The Bertz CT molecular complexity index is 312. The van der Waals surface area contributed by atoms with E-state index in [2.05, 4.69) is 53.9 Å². The molecule has 0 aliphatic carbocycles. The Morgan fingerprint density at radius 1 is 1.33 bits per heavy atom. The van der Waals surface area contributed by atoms with Gasteiger partial charge >= 0.3 is 0 Å². The van der Waals surface area contributed by atoms with Crippen LogP contribution in [-0.2, 0) is 0 Å². The molecule has 0 saturated carbocycles. The molecule has 1 rings (SSSR count). The van der Waals surface area contributed by atoms with Crippen molar-refractivity contribution in [1.29, 1.82) is 0 Å². The summed E-state index contributed by atoms with van der Waals surface area (Å²) in [7, 11) is 2.09. The first kappa shape index (κ1) is 12.5. The summed E-state index contributed by atoms with van der Waals surface area (Å²) in [5, 5.41) is 0. The number of nitrogens with zero attached hydrogens (tertiary/aromatic N) is 1. The van der Waals surface area contributed by atoms with Crippen molar-refractivity contribution in [2.75, 3.05) is 18.5 Å². The molecule has 1 aromatic rings. The Kier molecular flexibility index (Phi) is 4.61. The molecule has 0 heterocycles. The van der Waals surface area contributed by atoms with Gasteiger partial charge in [0.1, 0.15) is 0 Å². The fraction of sp³-hybridized carbons (Fsp3) is 0.500. The van der Waals surface area contributed by atoms with Crippen molar-refractivity contribution >= 4 is 21.6 Å². The van der Waals surface area contributed by atoms with Crippen molar-refractivity contribution < 1.29 is 0 Å². The Morgan fingerprint density at radius 3 is 2.40 bits per heavy atom. The van der Waals surface area contributed by atoms with Crippen LogP contribution >= 0.6 is 15.9 Å². The van der Waals surface area contributed by atoms with Gasteiger partial charge in [-0.05, 0) is 34.0 Å². The number of likely N-dealkylation sites (N-methyl/N-ethyl adjacent to an activating group) is 1. The van der Waals surface area contributed by atoms with Gasteiger partial charge in [-0.1, -0.05) is 26.0 Å². The smallest absolute Gasteiger partial charge is 0.0511 e. The molecule has 0 aromatic heterocycles. The molecule has 1 atom stereocenters. The van der Waals surface area contributed by atoms with Gasteiger partial charge in [-0.2, -0.15) is 0 Å². The van der Waals surface area contributed by atoms with Crippen LogP contribution in [0, 0.1) is 5.92 Å². The number of hydrogen-bond donors (Lipinski definition) is 1. The molecule has 15 heavy (non-hydrogen) atoms. The fourth-order valence-electron chi connectivity index (χ4n) is 1.79. The number of rotatable bonds is 4. The lowest BCUT2D eigenvalue weighted by atomic mass is 10.0. The van der Waals surface area contributed by atoms with Gasteiger partial charge in [0.2, 0.25) is 0 Å². The van der Waals surface area contributed by atoms with Crippen molar-refractivity contribution in [2.45, 2.75) is 19.9 Å². The molecule has 2 N–H and O–H groups in total. The molecule has 0 radical (unpaired) electrons. The monoisotopic (exact) mass is 270 g/mol. The van der Waals surface area contributed by atoms with Crippen LogP contribution < -0.4 is 10.6 Å². The summed E-state index contributed by atoms with van der Waals surface area (Å²) in [5.74, 6) is 0.548. The average Bonchev–Trinajstić information content (AvgIpc) is 2.18. The molecule has 0 amide bonds. The van der Waals surface area contributed by atoms with Gasteiger partial charge < -0.3 is 10.6 Å². The number of para-hydroxylation sites is 1. The van der Waals surface area contributed by atoms with Gasteiger partial charge in [0, 0.05) is 24.1 Å². The molecule has 0 fully saturated rings. The summed E-state index contributed by atoms with van der Waals surface area (Å²) < 4.78 is 1.12. The highest BCUT2D eigenvalue weighted by atomic mass is 79.9. The second-order valence-electron chi connectivity index (χ2n) is 4.11. The van der Waals surface area contributed by atoms with E-state index < -0.39 is 0 Å². The van der Waals surface area contributed by atoms with E-state index in [0.29, 0.717) is 18.5 Å². The maximum atomic E-state index is 5.81. The van der Waals surface area contributed by atoms with Gasteiger partial charge in [0.05, 0.1) is 5.69 Å². The number of halogens is 1. The largest absolute Gasteiger partial charge is 0.369 e. The first-order chi connectivity index (χ1) is 7.07. The van der Waals surface area contributed by atoms with Crippen LogP contribution in [0.2, 0.25) is 0 Å². The van der Waals surface area contributed by atoms with Crippen LogP contribution in [0.1, 0.15) is 13.8 Å². The molecule has 0 bridgehead atoms. The van der Waals surface area contributed by atoms with E-state index in [1.807, 2.05) is 12.1 Å². The van der Waals surface area contributed by atoms with Gasteiger partial charge in [-0.3, -0.25) is 0 Å². The predicted molar refractivity (Wildman–Crippen MR) is 70.2 cm³/mol. The first-order valence-electron chi connectivity index (χ1n) is 5.25. The SMILES string of the molecule is CC(C)C(CN)N(C)c1ccccc1Br. The molecule has 0 aliphatic rings. The van der Waals surface area contributed by atoms with Gasteiger partial charge in [0.15, 0.2) is 0 Å². The van der Waals surface area contributed by atoms with E-state index in [1.54, 1.807) is 0 Å². The molecule has 1 unspecified atom stereocenters. The number of nitrogens with two attached hydrogens (primary N) is 1. The van der Waals surface area contributed by atoms with E-state index >= 15 is 0 Å². The van der Waals surface area contributed by atoms with Gasteiger partial charge in [-0.15, -0.1) is 0 Å². The Balaban J connectivity index is 2.92. The van der Waals surface area contributed by atoms with Crippen LogP contribution in [0.3, 0.4) is 0 Å². The Morgan fingerprint density at radius 2 is 1.93 bits per heavy atom. The minimum absolute atomic E-state index is 0.378. The summed E-state index contributed by atoms with van der Waals surface area (Å²) in [6.07, 6.45) is 0. The number of hydrogen-bond acceptors (Lipinski definition) is 2. The fourth-order valence-corrected chi connectivity index (χ4v) is 2.36. The minimum Gasteiger partial charge on any atom is -0.369 e. The van der Waals surface area contributed by atoms with E-state index in [1.165, 1.54) is 5.69 Å². The molecule has 1 aromatic carbocycles. The second-order valence-corrected chi connectivity index (χ2v) is 4.96. The van der Waals surface area contributed by atoms with Crippen molar-refractivity contribution in [3.8, 4) is 0 Å². The molecule has 0 spiro atoms. The number of benzene rings is 1. The van der Waals surface area contributed by atoms with E-state index in [9.17, 15) is 0 Å². The van der Waals surface area contributed by atoms with E-state index in [4.69, 9.17) is 5.73 Å². The molecular weight excluding hydrogens is 252 g/mol. The van der Waals surface area contributed by atoms with Crippen molar-refractivity contribution in [3.05, 3.63) is 28.7 Å². The molecule has 0 saturated heterocycles. The number of anilines is 1. The molecule has 0 aliphatic heterocycles. The normalized spacial score (nSPS) is 12.9. The zero-order valence-electron chi connectivity index (χ0n) is 9.57. The molecular formula is C12H19BrN2. The van der Waals surface area contributed by atoms with E-state index in [0.717, 1.165) is 4.47 Å². The highest BCUT2D eigenvalue weighted by Gasteiger charge is 2.18. The summed E-state index contributed by atoms with van der Waals surface area (Å²) in [5.41, 5.74) is 7.00. The van der Waals surface area contributed by atoms with Crippen LogP contribution in [0.4, 0.5) is 5.69 Å². The summed E-state index contributed by atoms with van der Waals surface area (Å²) >= 11 is 3.56. The maximum Gasteiger partial charge on any atom is 0.0511 e. The minimum atomic E-state index is 0.378. The highest BCUT2D eigenvalue weighted by Crippen LogP contribution is 2.27. The lowest BCUT2D eigenvalue weighted by molar-refractivity contribution is 0.479. The highest BCUT2D eigenvalue weighted by molar-refractivity contribution is 9.10. The third-order valence-electron chi connectivity index (χ3n) is 2.74. The maximum absolute atomic E-state index is 5.81. The summed E-state index contributed by atoms with van der Waals surface area (Å²) in [6, 6.07) is 8.61. The third kappa shape index (κ3) is 2.95. The standard InChI is InChI=1S/C12H19BrN2/c1-9(2)12(8-14)15(3)11-7-5-4-6-10(11)13/h4-7,9,12H,8,14H2,1-3H3. The topological polar surface area (TPSA) is 29.3 Å². The van der Waals surface area contributed by atoms with E-state index in [-0.39, 0.29) is 0 Å². The Hall–Kier alpha value is -0.540. The van der Waals surface area contributed by atoms with Crippen molar-refractivity contribution in [1.82, 2.24) is 0 Å². The lowest BCUT2D eigenvalue weighted by Gasteiger charge is -2.32. The Labute approximate surface area is 101 Å². The van der Waals surface area contributed by atoms with Crippen LogP contribution in [-0.4, -0.2) is 19.6 Å². The van der Waals surface area contributed by atoms with Crippen LogP contribution in [0.25, 0.3) is 0 Å². The average molecular weight is 271 g/mol. The molecule has 3 heteroatoms. The van der Waals surface area contributed by atoms with Gasteiger partial charge in [-0.25, -0.2) is 0 Å². The quantitative estimate of drug-likeness (QED) is 0.912. The zero-order chi connectivity index (χ0) is 11.4. The van der Waals surface area contributed by atoms with Crippen LogP contribution in [0.5, 0.6) is 0 Å². The summed E-state index contributed by atoms with van der Waals surface area (Å²) in [6.45, 7) is 5.07. The predicted octanol–water partition coefficient (Wildman–Crippen LogP) is 2.87. The van der Waals surface area contributed by atoms with Crippen molar-refractivity contribution in [3.63, 3.8) is 0 Å². The third-order valence-corrected chi connectivity index (χ3v) is 3.41. The summed E-state index contributed by atoms with van der Waals surface area (Å²) in [4.78, 5) is 2.24. The lowest BCUT2D eigenvalue weighted by Crippen LogP contribution is -2.42. The second kappa shape index (κ2) is 5.52. The van der Waals surface area contributed by atoms with Crippen LogP contribution in [0.15, 0.2) is 28.7 Å². The first-order valence-corrected chi connectivity index (χ1v) is 6.04. The molecule has 2 nitrogen and oxygen atoms in total. The van der Waals surface area contributed by atoms with Gasteiger partial charge in [0.25, 0.3) is 0 Å².